The molecule has 0 aliphatic carbocycles. The standard InChI is InChI=1S/C19H29BN2O/c1-14(2)22(15(3)4)20-16(5)12-21(13-17(20)6)18-8-10-19(23-7)11-9-18/h8-15H,1-7H3. The molecule has 124 valence electrons. The Morgan fingerprint density at radius 2 is 1.39 bits per heavy atom. The normalized spacial score (nSPS) is 15.4. The van der Waals surface area contributed by atoms with E-state index in [1.807, 2.05) is 12.1 Å². The molecule has 1 aliphatic heterocycles. The van der Waals surface area contributed by atoms with Gasteiger partial charge in [0.05, 0.1) is 7.11 Å². The number of nitrogens with zero attached hydrogens (tertiary/aromatic N) is 2. The molecule has 0 saturated carbocycles. The number of methoxy groups -OCH3 is 1. The lowest BCUT2D eigenvalue weighted by molar-refractivity contribution is 0.306. The quantitative estimate of drug-likeness (QED) is 0.744. The van der Waals surface area contributed by atoms with Crippen LogP contribution in [0.4, 0.5) is 5.69 Å². The summed E-state index contributed by atoms with van der Waals surface area (Å²) in [6.45, 7) is 13.9. The zero-order valence-corrected chi connectivity index (χ0v) is 15.5. The molecule has 0 N–H and O–H groups in total. The molecule has 0 amide bonds. The van der Waals surface area contributed by atoms with Gasteiger partial charge in [-0.2, -0.15) is 0 Å². The zero-order valence-electron chi connectivity index (χ0n) is 15.5. The summed E-state index contributed by atoms with van der Waals surface area (Å²) in [5, 5.41) is 0. The van der Waals surface area contributed by atoms with Gasteiger partial charge in [0.2, 0.25) is 0 Å². The molecule has 0 bridgehead atoms. The third kappa shape index (κ3) is 3.81. The summed E-state index contributed by atoms with van der Waals surface area (Å²) < 4.78 is 5.24. The Bertz CT molecular complexity index is 562. The molecule has 1 aromatic carbocycles. The van der Waals surface area contributed by atoms with Crippen LogP contribution in [0.2, 0.25) is 0 Å². The second-order valence-electron chi connectivity index (χ2n) is 6.89. The van der Waals surface area contributed by atoms with Crippen molar-refractivity contribution in [2.24, 2.45) is 0 Å². The maximum Gasteiger partial charge on any atom is 0.286 e. The highest BCUT2D eigenvalue weighted by Crippen LogP contribution is 2.28. The molecule has 0 radical (unpaired) electrons. The molecule has 0 atom stereocenters. The van der Waals surface area contributed by atoms with Gasteiger partial charge < -0.3 is 14.4 Å². The Morgan fingerprint density at radius 1 is 0.913 bits per heavy atom. The number of ether oxygens (including phenoxy) is 1. The predicted octanol–water partition coefficient (Wildman–Crippen LogP) is 4.51. The number of hydrogen-bond donors (Lipinski definition) is 0. The van der Waals surface area contributed by atoms with Gasteiger partial charge in [-0.3, -0.25) is 0 Å². The van der Waals surface area contributed by atoms with Crippen LogP contribution in [0, 0.1) is 0 Å². The van der Waals surface area contributed by atoms with E-state index in [1.54, 1.807) is 7.11 Å². The van der Waals surface area contributed by atoms with Crippen LogP contribution in [-0.2, 0) is 0 Å². The second kappa shape index (κ2) is 7.26. The first-order chi connectivity index (χ1) is 10.8. The van der Waals surface area contributed by atoms with Crippen LogP contribution in [0.1, 0.15) is 41.5 Å². The lowest BCUT2D eigenvalue weighted by Crippen LogP contribution is -2.51. The summed E-state index contributed by atoms with van der Waals surface area (Å²) in [5.74, 6) is 0.885. The van der Waals surface area contributed by atoms with Crippen LogP contribution >= 0.6 is 0 Å². The van der Waals surface area contributed by atoms with Crippen LogP contribution in [0.5, 0.6) is 5.75 Å². The minimum atomic E-state index is 0.379. The first kappa shape index (κ1) is 17.7. The fourth-order valence-corrected chi connectivity index (χ4v) is 3.54. The van der Waals surface area contributed by atoms with E-state index < -0.39 is 0 Å². The molecule has 4 heteroatoms. The van der Waals surface area contributed by atoms with E-state index in [9.17, 15) is 0 Å². The monoisotopic (exact) mass is 312 g/mol. The average molecular weight is 312 g/mol. The van der Waals surface area contributed by atoms with E-state index in [2.05, 4.69) is 75.8 Å². The summed E-state index contributed by atoms with van der Waals surface area (Å²) in [5.41, 5.74) is 3.91. The van der Waals surface area contributed by atoms with Gasteiger partial charge >= 0.3 is 0 Å². The second-order valence-corrected chi connectivity index (χ2v) is 6.89. The maximum atomic E-state index is 5.24. The highest BCUT2D eigenvalue weighted by Gasteiger charge is 2.33. The van der Waals surface area contributed by atoms with Crippen molar-refractivity contribution in [1.29, 1.82) is 0 Å². The third-order valence-electron chi connectivity index (χ3n) is 4.41. The van der Waals surface area contributed by atoms with E-state index in [0.29, 0.717) is 18.9 Å². The summed E-state index contributed by atoms with van der Waals surface area (Å²) in [6, 6.07) is 9.22. The minimum absolute atomic E-state index is 0.379. The summed E-state index contributed by atoms with van der Waals surface area (Å²) in [6.07, 6.45) is 4.49. The molecular weight excluding hydrogens is 283 g/mol. The molecule has 1 heterocycles. The van der Waals surface area contributed by atoms with Gasteiger partial charge in [0, 0.05) is 18.1 Å². The Kier molecular flexibility index (Phi) is 5.58. The van der Waals surface area contributed by atoms with Crippen molar-refractivity contribution >= 4 is 12.5 Å². The van der Waals surface area contributed by atoms with Gasteiger partial charge in [-0.15, -0.1) is 0 Å². The molecule has 1 aromatic rings. The molecule has 1 aliphatic rings. The van der Waals surface area contributed by atoms with Gasteiger partial charge in [-0.25, -0.2) is 0 Å². The number of rotatable bonds is 5. The molecular formula is C19H29BN2O. The lowest BCUT2D eigenvalue weighted by Gasteiger charge is -2.40. The fourth-order valence-electron chi connectivity index (χ4n) is 3.54. The number of anilines is 1. The third-order valence-corrected chi connectivity index (χ3v) is 4.41. The van der Waals surface area contributed by atoms with Crippen molar-refractivity contribution in [1.82, 2.24) is 4.81 Å². The van der Waals surface area contributed by atoms with Crippen molar-refractivity contribution in [3.8, 4) is 5.75 Å². The van der Waals surface area contributed by atoms with Gasteiger partial charge in [0.1, 0.15) is 5.75 Å². The van der Waals surface area contributed by atoms with Crippen molar-refractivity contribution in [2.75, 3.05) is 12.0 Å². The highest BCUT2D eigenvalue weighted by atomic mass is 16.5. The largest absolute Gasteiger partial charge is 0.497 e. The average Bonchev–Trinajstić information content (AvgIpc) is 2.49. The fraction of sp³-hybridized carbons (Fsp3) is 0.474. The molecule has 23 heavy (non-hydrogen) atoms. The van der Waals surface area contributed by atoms with Gasteiger partial charge in [-0.05, 0) is 50.2 Å². The van der Waals surface area contributed by atoms with Gasteiger partial charge in [-0.1, -0.05) is 38.6 Å². The smallest absolute Gasteiger partial charge is 0.286 e. The number of allylic oxidation sites excluding steroid dienone is 2. The summed E-state index contributed by atoms with van der Waals surface area (Å²) in [4.78, 5) is 4.78. The maximum absolute atomic E-state index is 5.24. The van der Waals surface area contributed by atoms with Crippen LogP contribution in [-0.4, -0.2) is 30.9 Å². The first-order valence-corrected chi connectivity index (χ1v) is 8.41. The molecule has 0 fully saturated rings. The van der Waals surface area contributed by atoms with Crippen molar-refractivity contribution in [2.45, 2.75) is 53.6 Å². The topological polar surface area (TPSA) is 15.7 Å². The van der Waals surface area contributed by atoms with E-state index in [1.165, 1.54) is 10.9 Å². The van der Waals surface area contributed by atoms with Crippen molar-refractivity contribution in [3.05, 3.63) is 47.6 Å². The van der Waals surface area contributed by atoms with Crippen LogP contribution < -0.4 is 9.64 Å². The van der Waals surface area contributed by atoms with Gasteiger partial charge in [0.15, 0.2) is 0 Å². The molecule has 0 unspecified atom stereocenters. The Hall–Kier alpha value is -1.68. The van der Waals surface area contributed by atoms with Crippen LogP contribution in [0.3, 0.4) is 0 Å². The number of hydrogen-bond acceptors (Lipinski definition) is 3. The first-order valence-electron chi connectivity index (χ1n) is 8.41. The Morgan fingerprint density at radius 3 is 1.78 bits per heavy atom. The van der Waals surface area contributed by atoms with E-state index in [0.717, 1.165) is 11.4 Å². The summed E-state index contributed by atoms with van der Waals surface area (Å²) >= 11 is 0. The molecule has 0 saturated heterocycles. The molecule has 3 nitrogen and oxygen atoms in total. The zero-order chi connectivity index (χ0) is 17.1. The molecule has 2 rings (SSSR count). The lowest BCUT2D eigenvalue weighted by atomic mass is 9.47. The van der Waals surface area contributed by atoms with Crippen molar-refractivity contribution in [3.63, 3.8) is 0 Å². The van der Waals surface area contributed by atoms with Gasteiger partial charge in [0.25, 0.3) is 6.85 Å². The van der Waals surface area contributed by atoms with Crippen LogP contribution in [0.15, 0.2) is 47.6 Å². The van der Waals surface area contributed by atoms with Crippen LogP contribution in [0.25, 0.3) is 0 Å². The minimum Gasteiger partial charge on any atom is -0.497 e. The Balaban J connectivity index is 2.29. The summed E-state index contributed by atoms with van der Waals surface area (Å²) in [7, 11) is 1.70. The van der Waals surface area contributed by atoms with Crippen molar-refractivity contribution < 1.29 is 4.74 Å². The predicted molar refractivity (Wildman–Crippen MR) is 101 cm³/mol. The van der Waals surface area contributed by atoms with E-state index in [-0.39, 0.29) is 0 Å². The molecule has 0 spiro atoms. The SMILES string of the molecule is COc1ccc(N2C=C(C)B(N(C(C)C)C(C)C)C(C)=C2)cc1. The number of benzene rings is 1. The van der Waals surface area contributed by atoms with E-state index >= 15 is 0 Å². The van der Waals surface area contributed by atoms with E-state index in [4.69, 9.17) is 4.74 Å². The highest BCUT2D eigenvalue weighted by molar-refractivity contribution is 6.71. The molecule has 0 aromatic heterocycles. The Labute approximate surface area is 141 Å².